The second kappa shape index (κ2) is 4.61. The molecule has 0 atom stereocenters. The Kier molecular flexibility index (Phi) is 3.00. The normalized spacial score (nSPS) is 9.94. The van der Waals surface area contributed by atoms with E-state index < -0.39 is 0 Å². The fourth-order valence-electron chi connectivity index (χ4n) is 1.30. The maximum Gasteiger partial charge on any atom is 0.230 e. The number of rotatable bonds is 3. The number of ether oxygens (including phenoxy) is 1. The molecule has 0 unspecified atom stereocenters. The molecule has 5 nitrogen and oxygen atoms in total. The van der Waals surface area contributed by atoms with Gasteiger partial charge in [0.2, 0.25) is 5.88 Å². The second-order valence-electron chi connectivity index (χ2n) is 3.51. The van der Waals surface area contributed by atoms with Gasteiger partial charge in [-0.15, -0.1) is 0 Å². The summed E-state index contributed by atoms with van der Waals surface area (Å²) in [6, 6.07) is 7.02. The van der Waals surface area contributed by atoms with Crippen molar-refractivity contribution in [1.29, 1.82) is 5.41 Å². The number of nitrogens with two attached hydrogens (primary N) is 1. The molecular formula is C12H12N4O. The maximum atomic E-state index is 7.42. The number of nitrogens with one attached hydrogen (secondary N) is 1. The molecule has 0 spiro atoms. The van der Waals surface area contributed by atoms with Gasteiger partial charge >= 0.3 is 0 Å². The predicted molar refractivity (Wildman–Crippen MR) is 64.3 cm³/mol. The van der Waals surface area contributed by atoms with Gasteiger partial charge in [-0.2, -0.15) is 0 Å². The first-order chi connectivity index (χ1) is 8.16. The monoisotopic (exact) mass is 228 g/mol. The summed E-state index contributed by atoms with van der Waals surface area (Å²) < 4.78 is 5.53. The molecule has 0 saturated heterocycles. The molecule has 17 heavy (non-hydrogen) atoms. The number of pyridine rings is 2. The van der Waals surface area contributed by atoms with Crippen molar-refractivity contribution in [2.45, 2.75) is 6.92 Å². The van der Waals surface area contributed by atoms with Crippen molar-refractivity contribution >= 4 is 5.84 Å². The van der Waals surface area contributed by atoms with Crippen LogP contribution in [0.2, 0.25) is 0 Å². The van der Waals surface area contributed by atoms with E-state index in [-0.39, 0.29) is 5.84 Å². The van der Waals surface area contributed by atoms with Crippen LogP contribution in [-0.2, 0) is 0 Å². The Morgan fingerprint density at radius 2 is 2.12 bits per heavy atom. The van der Waals surface area contributed by atoms with Crippen molar-refractivity contribution in [3.05, 3.63) is 47.9 Å². The van der Waals surface area contributed by atoms with Crippen LogP contribution in [0.1, 0.15) is 11.3 Å². The van der Waals surface area contributed by atoms with E-state index in [4.69, 9.17) is 15.9 Å². The lowest BCUT2D eigenvalue weighted by molar-refractivity contribution is 0.459. The van der Waals surface area contributed by atoms with E-state index >= 15 is 0 Å². The second-order valence-corrected chi connectivity index (χ2v) is 3.51. The van der Waals surface area contributed by atoms with Gasteiger partial charge in [-0.05, 0) is 31.2 Å². The van der Waals surface area contributed by atoms with Gasteiger partial charge in [0.1, 0.15) is 11.6 Å². The van der Waals surface area contributed by atoms with Crippen molar-refractivity contribution in [2.75, 3.05) is 0 Å². The Hall–Kier alpha value is -2.43. The molecule has 2 aromatic rings. The molecule has 2 heterocycles. The van der Waals surface area contributed by atoms with Gasteiger partial charge in [0.25, 0.3) is 0 Å². The zero-order chi connectivity index (χ0) is 12.3. The van der Waals surface area contributed by atoms with Crippen molar-refractivity contribution in [1.82, 2.24) is 9.97 Å². The summed E-state index contributed by atoms with van der Waals surface area (Å²) in [5.74, 6) is 0.802. The molecule has 0 bridgehead atoms. The molecule has 0 saturated carbocycles. The van der Waals surface area contributed by atoms with E-state index in [2.05, 4.69) is 9.97 Å². The Bertz CT molecular complexity index is 536. The highest BCUT2D eigenvalue weighted by Crippen LogP contribution is 2.21. The zero-order valence-corrected chi connectivity index (χ0v) is 9.34. The van der Waals surface area contributed by atoms with Crippen molar-refractivity contribution in [2.24, 2.45) is 5.73 Å². The summed E-state index contributed by atoms with van der Waals surface area (Å²) in [4.78, 5) is 8.16. The first kappa shape index (κ1) is 11.1. The van der Waals surface area contributed by atoms with Crippen LogP contribution in [0.5, 0.6) is 11.6 Å². The fraction of sp³-hybridized carbons (Fsp3) is 0.0833. The predicted octanol–water partition coefficient (Wildman–Crippen LogP) is 1.86. The summed E-state index contributed by atoms with van der Waals surface area (Å²) in [5.41, 5.74) is 6.81. The Morgan fingerprint density at radius 1 is 1.29 bits per heavy atom. The van der Waals surface area contributed by atoms with E-state index in [0.717, 1.165) is 5.69 Å². The lowest BCUT2D eigenvalue weighted by Gasteiger charge is -2.08. The Balaban J connectivity index is 2.30. The van der Waals surface area contributed by atoms with Gasteiger partial charge < -0.3 is 10.5 Å². The Morgan fingerprint density at radius 3 is 2.76 bits per heavy atom. The summed E-state index contributed by atoms with van der Waals surface area (Å²) in [6.45, 7) is 1.89. The molecule has 2 rings (SSSR count). The fourth-order valence-corrected chi connectivity index (χ4v) is 1.30. The average Bonchev–Trinajstić information content (AvgIpc) is 2.32. The van der Waals surface area contributed by atoms with Crippen LogP contribution in [-0.4, -0.2) is 15.8 Å². The van der Waals surface area contributed by atoms with Gasteiger partial charge in [0.15, 0.2) is 0 Å². The zero-order valence-electron chi connectivity index (χ0n) is 9.34. The molecule has 0 aliphatic rings. The SMILES string of the molecule is Cc1ccc(Oc2ncccc2C(=N)N)cn1. The summed E-state index contributed by atoms with van der Waals surface area (Å²) in [7, 11) is 0. The number of amidine groups is 1. The minimum Gasteiger partial charge on any atom is -0.437 e. The molecule has 0 aliphatic carbocycles. The lowest BCUT2D eigenvalue weighted by Crippen LogP contribution is -2.12. The number of aromatic nitrogens is 2. The molecule has 3 N–H and O–H groups in total. The first-order valence-corrected chi connectivity index (χ1v) is 5.07. The van der Waals surface area contributed by atoms with Crippen LogP contribution in [0.25, 0.3) is 0 Å². The lowest BCUT2D eigenvalue weighted by atomic mass is 10.2. The van der Waals surface area contributed by atoms with E-state index in [1.165, 1.54) is 0 Å². The summed E-state index contributed by atoms with van der Waals surface area (Å²) >= 11 is 0. The highest BCUT2D eigenvalue weighted by atomic mass is 16.5. The first-order valence-electron chi connectivity index (χ1n) is 5.07. The molecule has 5 heteroatoms. The van der Waals surface area contributed by atoms with E-state index in [1.54, 1.807) is 30.6 Å². The van der Waals surface area contributed by atoms with Gasteiger partial charge in [-0.1, -0.05) is 0 Å². The van der Waals surface area contributed by atoms with Crippen LogP contribution >= 0.6 is 0 Å². The van der Waals surface area contributed by atoms with Crippen molar-refractivity contribution in [3.8, 4) is 11.6 Å². The van der Waals surface area contributed by atoms with Crippen molar-refractivity contribution < 1.29 is 4.74 Å². The van der Waals surface area contributed by atoms with Gasteiger partial charge in [0.05, 0.1) is 11.8 Å². The third-order valence-electron chi connectivity index (χ3n) is 2.16. The number of nitrogen functional groups attached to an aromatic ring is 1. The highest BCUT2D eigenvalue weighted by Gasteiger charge is 2.08. The van der Waals surface area contributed by atoms with Crippen LogP contribution in [0.3, 0.4) is 0 Å². The van der Waals surface area contributed by atoms with Gasteiger partial charge in [-0.25, -0.2) is 4.98 Å². The van der Waals surface area contributed by atoms with Crippen LogP contribution in [0, 0.1) is 12.3 Å². The van der Waals surface area contributed by atoms with Gasteiger partial charge in [-0.3, -0.25) is 10.4 Å². The molecular weight excluding hydrogens is 216 g/mol. The van der Waals surface area contributed by atoms with Crippen LogP contribution in [0.15, 0.2) is 36.7 Å². The van der Waals surface area contributed by atoms with Crippen LogP contribution < -0.4 is 10.5 Å². The largest absolute Gasteiger partial charge is 0.437 e. The van der Waals surface area contributed by atoms with Gasteiger partial charge in [0, 0.05) is 11.9 Å². The standard InChI is InChI=1S/C12H12N4O/c1-8-4-5-9(7-16-8)17-12-10(11(13)14)3-2-6-15-12/h2-7H,1H3,(H3,13,14). The molecule has 0 fully saturated rings. The third-order valence-corrected chi connectivity index (χ3v) is 2.16. The molecule has 0 aliphatic heterocycles. The minimum absolute atomic E-state index is 0.0758. The topological polar surface area (TPSA) is 84.9 Å². The summed E-state index contributed by atoms with van der Waals surface area (Å²) in [5, 5.41) is 7.42. The molecule has 0 aromatic carbocycles. The minimum atomic E-state index is -0.0758. The molecule has 86 valence electrons. The molecule has 0 amide bonds. The van der Waals surface area contributed by atoms with E-state index in [1.807, 2.05) is 13.0 Å². The maximum absolute atomic E-state index is 7.42. The number of aryl methyl sites for hydroxylation is 1. The Labute approximate surface area is 98.8 Å². The number of hydrogen-bond donors (Lipinski definition) is 2. The summed E-state index contributed by atoms with van der Waals surface area (Å²) in [6.07, 6.45) is 3.19. The van der Waals surface area contributed by atoms with E-state index in [9.17, 15) is 0 Å². The van der Waals surface area contributed by atoms with Crippen molar-refractivity contribution in [3.63, 3.8) is 0 Å². The molecule has 2 aromatic heterocycles. The van der Waals surface area contributed by atoms with E-state index in [0.29, 0.717) is 17.2 Å². The smallest absolute Gasteiger partial charge is 0.230 e. The number of nitrogens with zero attached hydrogens (tertiary/aromatic N) is 2. The highest BCUT2D eigenvalue weighted by molar-refractivity contribution is 5.97. The third kappa shape index (κ3) is 2.57. The van der Waals surface area contributed by atoms with Crippen LogP contribution in [0.4, 0.5) is 0 Å². The molecule has 0 radical (unpaired) electrons. The number of hydrogen-bond acceptors (Lipinski definition) is 4. The average molecular weight is 228 g/mol. The quantitative estimate of drug-likeness (QED) is 0.620.